The van der Waals surface area contributed by atoms with Crippen LogP contribution >= 0.6 is 0 Å². The Kier molecular flexibility index (Phi) is 3.71. The normalized spacial score (nSPS) is 12.3. The molecule has 20 heavy (non-hydrogen) atoms. The average Bonchev–Trinajstić information content (AvgIpc) is 2.43. The number of benzene rings is 1. The third-order valence-corrected chi connectivity index (χ3v) is 2.84. The SMILES string of the molecule is Cc1c(C(=O)OC[C@@H](C)O)[n+](=O)c2ccccc2n1O. The number of hydrogen-bond acceptors (Lipinski definition) is 5. The number of para-hydroxylation sites is 2. The van der Waals surface area contributed by atoms with E-state index in [9.17, 15) is 14.9 Å². The lowest BCUT2D eigenvalue weighted by Gasteiger charge is -2.07. The summed E-state index contributed by atoms with van der Waals surface area (Å²) in [6.45, 7) is 2.66. The monoisotopic (exact) mass is 279 g/mol. The lowest BCUT2D eigenvalue weighted by molar-refractivity contribution is -0.470. The van der Waals surface area contributed by atoms with Crippen molar-refractivity contribution in [2.24, 2.45) is 0 Å². The van der Waals surface area contributed by atoms with E-state index >= 15 is 0 Å². The van der Waals surface area contributed by atoms with Gasteiger partial charge in [-0.2, -0.15) is 4.73 Å². The van der Waals surface area contributed by atoms with Crippen molar-refractivity contribution in [3.05, 3.63) is 40.6 Å². The minimum atomic E-state index is -0.896. The second-order valence-corrected chi connectivity index (χ2v) is 4.48. The van der Waals surface area contributed by atoms with E-state index in [0.29, 0.717) is 4.43 Å². The molecule has 7 nitrogen and oxygen atoms in total. The van der Waals surface area contributed by atoms with Gasteiger partial charge in [0.15, 0.2) is 5.52 Å². The van der Waals surface area contributed by atoms with Crippen LogP contribution in [0.1, 0.15) is 23.1 Å². The Morgan fingerprint density at radius 3 is 2.75 bits per heavy atom. The molecular formula is C13H15N2O5+. The van der Waals surface area contributed by atoms with E-state index in [1.165, 1.54) is 19.9 Å². The molecule has 2 N–H and O–H groups in total. The van der Waals surface area contributed by atoms with Crippen LogP contribution in [0.5, 0.6) is 0 Å². The van der Waals surface area contributed by atoms with Crippen LogP contribution in [0.25, 0.3) is 11.0 Å². The van der Waals surface area contributed by atoms with Gasteiger partial charge in [0.25, 0.3) is 5.52 Å². The Hall–Kier alpha value is -2.41. The van der Waals surface area contributed by atoms with Gasteiger partial charge in [-0.1, -0.05) is 12.1 Å². The third-order valence-electron chi connectivity index (χ3n) is 2.84. The number of ether oxygens (including phenoxy) is 1. The van der Waals surface area contributed by atoms with Crippen LogP contribution in [0.2, 0.25) is 0 Å². The van der Waals surface area contributed by atoms with Gasteiger partial charge in [0.2, 0.25) is 0 Å². The molecular weight excluding hydrogens is 264 g/mol. The highest BCUT2D eigenvalue weighted by Crippen LogP contribution is 2.13. The molecule has 7 heteroatoms. The van der Waals surface area contributed by atoms with E-state index in [1.54, 1.807) is 18.2 Å². The number of nitrogens with zero attached hydrogens (tertiary/aromatic N) is 2. The van der Waals surface area contributed by atoms with Gasteiger partial charge in [0.1, 0.15) is 12.3 Å². The summed E-state index contributed by atoms with van der Waals surface area (Å²) in [5, 5.41) is 19.1. The summed E-state index contributed by atoms with van der Waals surface area (Å²) in [6.07, 6.45) is -0.832. The van der Waals surface area contributed by atoms with Crippen LogP contribution in [0, 0.1) is 11.8 Å². The number of aliphatic hydroxyl groups excluding tert-OH is 1. The second-order valence-electron chi connectivity index (χ2n) is 4.48. The summed E-state index contributed by atoms with van der Waals surface area (Å²) < 4.78 is 6.01. The smallest absolute Gasteiger partial charge is 0.411 e. The second kappa shape index (κ2) is 5.30. The zero-order valence-electron chi connectivity index (χ0n) is 11.1. The molecule has 0 aliphatic heterocycles. The zero-order chi connectivity index (χ0) is 14.9. The van der Waals surface area contributed by atoms with Gasteiger partial charge in [-0.15, -0.1) is 0 Å². The van der Waals surface area contributed by atoms with Crippen molar-refractivity contribution >= 4 is 17.0 Å². The molecule has 0 aliphatic carbocycles. The maximum absolute atomic E-state index is 12.2. The van der Waals surface area contributed by atoms with Crippen LogP contribution in [0.3, 0.4) is 0 Å². The van der Waals surface area contributed by atoms with Crippen LogP contribution in [-0.2, 0) is 4.74 Å². The number of rotatable bonds is 3. The van der Waals surface area contributed by atoms with Crippen molar-refractivity contribution in [1.82, 2.24) is 4.73 Å². The van der Waals surface area contributed by atoms with E-state index in [-0.39, 0.29) is 29.0 Å². The molecule has 0 fully saturated rings. The Labute approximate surface area is 114 Å². The Bertz CT molecular complexity index is 721. The fraction of sp³-hybridized carbons (Fsp3) is 0.308. The van der Waals surface area contributed by atoms with Crippen molar-refractivity contribution in [3.8, 4) is 0 Å². The van der Waals surface area contributed by atoms with E-state index in [4.69, 9.17) is 9.84 Å². The van der Waals surface area contributed by atoms with Crippen molar-refractivity contribution in [2.45, 2.75) is 20.0 Å². The number of aromatic nitrogens is 2. The lowest BCUT2D eigenvalue weighted by atomic mass is 10.2. The van der Waals surface area contributed by atoms with Gasteiger partial charge >= 0.3 is 11.7 Å². The Morgan fingerprint density at radius 2 is 2.10 bits per heavy atom. The van der Waals surface area contributed by atoms with Gasteiger partial charge in [0, 0.05) is 11.0 Å². The third kappa shape index (κ3) is 2.35. The van der Waals surface area contributed by atoms with Gasteiger partial charge in [-0.3, -0.25) is 0 Å². The molecule has 1 atom stereocenters. The molecule has 0 saturated heterocycles. The first kappa shape index (κ1) is 14.0. The molecule has 0 bridgehead atoms. The minimum absolute atomic E-state index is 0.0642. The maximum Gasteiger partial charge on any atom is 0.411 e. The first-order chi connectivity index (χ1) is 9.43. The highest BCUT2D eigenvalue weighted by molar-refractivity contribution is 5.88. The molecule has 0 radical (unpaired) electrons. The van der Waals surface area contributed by atoms with Crippen LogP contribution < -0.4 is 4.43 Å². The topological polar surface area (TPSA) is 94.7 Å². The van der Waals surface area contributed by atoms with Crippen LogP contribution in [0.15, 0.2) is 24.3 Å². The number of carbonyl (C=O) groups is 1. The molecule has 0 spiro atoms. The molecule has 0 unspecified atom stereocenters. The molecule has 106 valence electrons. The predicted molar refractivity (Wildman–Crippen MR) is 69.2 cm³/mol. The number of aliphatic hydroxyl groups is 1. The summed E-state index contributed by atoms with van der Waals surface area (Å²) >= 11 is 0. The number of hydrogen-bond donors (Lipinski definition) is 2. The molecule has 0 amide bonds. The number of esters is 1. The Balaban J connectivity index is 2.59. The molecule has 1 heterocycles. The Morgan fingerprint density at radius 1 is 1.45 bits per heavy atom. The highest BCUT2D eigenvalue weighted by Gasteiger charge is 2.30. The fourth-order valence-corrected chi connectivity index (χ4v) is 1.86. The van der Waals surface area contributed by atoms with Crippen molar-refractivity contribution in [3.63, 3.8) is 0 Å². The zero-order valence-corrected chi connectivity index (χ0v) is 11.1. The average molecular weight is 279 g/mol. The highest BCUT2D eigenvalue weighted by atomic mass is 16.5. The summed E-state index contributed by atoms with van der Waals surface area (Å²) in [5.41, 5.74) is 0.179. The standard InChI is InChI=1S/C13H15N2O5/c1-8(16)7-20-13(17)12-9(2)14(18)10-5-3-4-6-11(10)15(12)19/h3-6,8,16,18H,7H2,1-2H3/q+1/t8-/m1/s1. The van der Waals surface area contributed by atoms with Gasteiger partial charge in [-0.25, -0.2) is 4.79 Å². The van der Waals surface area contributed by atoms with Crippen LogP contribution in [0.4, 0.5) is 0 Å². The minimum Gasteiger partial charge on any atom is -0.455 e. The first-order valence-corrected chi connectivity index (χ1v) is 6.05. The predicted octanol–water partition coefficient (Wildman–Crippen LogP) is 0.639. The summed E-state index contributed by atoms with van der Waals surface area (Å²) in [7, 11) is 0. The van der Waals surface area contributed by atoms with E-state index in [0.717, 1.165) is 4.73 Å². The van der Waals surface area contributed by atoms with E-state index < -0.39 is 12.1 Å². The van der Waals surface area contributed by atoms with E-state index in [1.807, 2.05) is 0 Å². The molecule has 2 aromatic rings. The fourth-order valence-electron chi connectivity index (χ4n) is 1.86. The molecule has 2 rings (SSSR count). The van der Waals surface area contributed by atoms with Crippen molar-refractivity contribution < 1.29 is 24.3 Å². The molecule has 1 aromatic heterocycles. The molecule has 0 aliphatic rings. The summed E-state index contributed by atoms with van der Waals surface area (Å²) in [5.74, 6) is -0.896. The van der Waals surface area contributed by atoms with Crippen molar-refractivity contribution in [1.29, 1.82) is 0 Å². The molecule has 0 saturated carbocycles. The maximum atomic E-state index is 12.2. The van der Waals surface area contributed by atoms with Crippen molar-refractivity contribution in [2.75, 3.05) is 6.61 Å². The van der Waals surface area contributed by atoms with Gasteiger partial charge in [-0.05, 0) is 19.9 Å². The molecule has 1 aromatic carbocycles. The van der Waals surface area contributed by atoms with Crippen LogP contribution in [-0.4, -0.2) is 33.7 Å². The lowest BCUT2D eigenvalue weighted by Crippen LogP contribution is -2.32. The number of fused-ring (bicyclic) bond motifs is 1. The summed E-state index contributed by atoms with van der Waals surface area (Å²) in [4.78, 5) is 24.1. The van der Waals surface area contributed by atoms with E-state index in [2.05, 4.69) is 0 Å². The van der Waals surface area contributed by atoms with Gasteiger partial charge < -0.3 is 15.1 Å². The number of carbonyl (C=O) groups excluding carboxylic acids is 1. The van der Waals surface area contributed by atoms with Gasteiger partial charge in [0.05, 0.1) is 10.5 Å². The first-order valence-electron chi connectivity index (χ1n) is 6.05. The largest absolute Gasteiger partial charge is 0.455 e. The quantitative estimate of drug-likeness (QED) is 0.488. The summed E-state index contributed by atoms with van der Waals surface area (Å²) in [6, 6.07) is 6.33.